The van der Waals surface area contributed by atoms with Gasteiger partial charge in [0.25, 0.3) is 0 Å². The van der Waals surface area contributed by atoms with Gasteiger partial charge in [0.15, 0.2) is 12.4 Å². The second kappa shape index (κ2) is 37.4. The lowest BCUT2D eigenvalue weighted by molar-refractivity contribution is -0.281. The molecular formula is C45H87O13P. The number of phosphoric acid groups is 1. The van der Waals surface area contributed by atoms with Crippen molar-refractivity contribution in [1.29, 1.82) is 0 Å². The highest BCUT2D eigenvalue weighted by atomic mass is 31.2. The zero-order valence-electron chi connectivity index (χ0n) is 37.2. The van der Waals surface area contributed by atoms with Gasteiger partial charge in [-0.15, -0.1) is 0 Å². The van der Waals surface area contributed by atoms with Crippen LogP contribution in [0.4, 0.5) is 0 Å². The molecule has 1 fully saturated rings. The molecule has 1 aliphatic rings. The first kappa shape index (κ1) is 55.9. The molecule has 0 amide bonds. The molecule has 0 aliphatic carbocycles. The van der Waals surface area contributed by atoms with Crippen LogP contribution in [0, 0.1) is 0 Å². The van der Waals surface area contributed by atoms with E-state index in [2.05, 4.69) is 13.8 Å². The maximum atomic E-state index is 12.8. The van der Waals surface area contributed by atoms with Crippen LogP contribution in [0.5, 0.6) is 0 Å². The molecule has 7 atom stereocenters. The Bertz CT molecular complexity index is 1050. The molecule has 0 bridgehead atoms. The number of aliphatic hydroxyl groups excluding tert-OH is 4. The van der Waals surface area contributed by atoms with Crippen molar-refractivity contribution in [2.45, 2.75) is 256 Å². The second-order valence-corrected chi connectivity index (χ2v) is 18.2. The quantitative estimate of drug-likeness (QED) is 0.0221. The molecule has 0 aromatic carbocycles. The van der Waals surface area contributed by atoms with Crippen molar-refractivity contribution in [2.75, 3.05) is 19.8 Å². The maximum absolute atomic E-state index is 12.8. The molecule has 0 radical (unpaired) electrons. The zero-order chi connectivity index (χ0) is 43.4. The molecule has 2 unspecified atom stereocenters. The average molecular weight is 867 g/mol. The summed E-state index contributed by atoms with van der Waals surface area (Å²) >= 11 is 0. The molecule has 14 heteroatoms. The van der Waals surface area contributed by atoms with Gasteiger partial charge >= 0.3 is 19.8 Å². The Labute approximate surface area is 357 Å². The number of unbranched alkanes of at least 4 members (excludes halogenated alkanes) is 28. The van der Waals surface area contributed by atoms with Crippen molar-refractivity contribution < 1.29 is 62.7 Å². The summed E-state index contributed by atoms with van der Waals surface area (Å²) in [6.45, 7) is 2.65. The van der Waals surface area contributed by atoms with Gasteiger partial charge in [0.05, 0.1) is 13.2 Å². The van der Waals surface area contributed by atoms with Gasteiger partial charge in [-0.25, -0.2) is 4.57 Å². The molecule has 13 nitrogen and oxygen atoms in total. The zero-order valence-corrected chi connectivity index (χ0v) is 38.1. The van der Waals surface area contributed by atoms with Crippen LogP contribution in [0.15, 0.2) is 0 Å². The monoisotopic (exact) mass is 867 g/mol. The van der Waals surface area contributed by atoms with Gasteiger partial charge < -0.3 is 39.5 Å². The van der Waals surface area contributed by atoms with Gasteiger partial charge in [-0.05, 0) is 12.8 Å². The SMILES string of the molecule is CCCCCCCCCCCCCCCCCC(=O)OCC(COP(=O)(O)O[C@H]1O[C@@H](CO)[C@H](O)[C@@H](O)[C@@H]1O)OC(=O)CCCCCCCCCCCCCCCCC. The van der Waals surface area contributed by atoms with Crippen molar-refractivity contribution in [3.63, 3.8) is 0 Å². The predicted octanol–water partition coefficient (Wildman–Crippen LogP) is 9.90. The van der Waals surface area contributed by atoms with Crippen LogP contribution in [0.2, 0.25) is 0 Å². The Morgan fingerprint density at radius 1 is 0.542 bits per heavy atom. The van der Waals surface area contributed by atoms with E-state index >= 15 is 0 Å². The predicted molar refractivity (Wildman–Crippen MR) is 231 cm³/mol. The first-order valence-corrected chi connectivity index (χ1v) is 25.4. The third-order valence-corrected chi connectivity index (χ3v) is 12.2. The fourth-order valence-corrected chi connectivity index (χ4v) is 8.25. The van der Waals surface area contributed by atoms with Crippen molar-refractivity contribution >= 4 is 19.8 Å². The van der Waals surface area contributed by atoms with Crippen LogP contribution in [-0.4, -0.2) is 93.9 Å². The van der Waals surface area contributed by atoms with Crippen LogP contribution in [0.3, 0.4) is 0 Å². The Morgan fingerprint density at radius 2 is 0.915 bits per heavy atom. The van der Waals surface area contributed by atoms with Crippen LogP contribution in [0.25, 0.3) is 0 Å². The second-order valence-electron chi connectivity index (χ2n) is 16.8. The van der Waals surface area contributed by atoms with Crippen molar-refractivity contribution in [1.82, 2.24) is 0 Å². The van der Waals surface area contributed by atoms with Crippen molar-refractivity contribution in [2.24, 2.45) is 0 Å². The summed E-state index contributed by atoms with van der Waals surface area (Å²) in [5, 5.41) is 39.6. The molecule has 0 aromatic heterocycles. The smallest absolute Gasteiger partial charge is 0.462 e. The Morgan fingerprint density at radius 3 is 1.31 bits per heavy atom. The summed E-state index contributed by atoms with van der Waals surface area (Å²) in [5.41, 5.74) is 0. The Kier molecular flexibility index (Phi) is 35.4. The van der Waals surface area contributed by atoms with E-state index in [4.69, 9.17) is 23.3 Å². The summed E-state index contributed by atoms with van der Waals surface area (Å²) in [4.78, 5) is 35.7. The number of hydrogen-bond acceptors (Lipinski definition) is 12. The van der Waals surface area contributed by atoms with Crippen LogP contribution in [-0.2, 0) is 37.4 Å². The minimum Gasteiger partial charge on any atom is -0.462 e. The molecule has 0 saturated carbocycles. The van der Waals surface area contributed by atoms with E-state index < -0.39 is 76.4 Å². The summed E-state index contributed by atoms with van der Waals surface area (Å²) in [5.74, 6) is -1.04. The molecule has 5 N–H and O–H groups in total. The first-order valence-electron chi connectivity index (χ1n) is 23.9. The first-order chi connectivity index (χ1) is 28.5. The van der Waals surface area contributed by atoms with Crippen LogP contribution in [0.1, 0.15) is 219 Å². The van der Waals surface area contributed by atoms with E-state index in [0.29, 0.717) is 12.8 Å². The van der Waals surface area contributed by atoms with Gasteiger partial charge in [-0.3, -0.25) is 18.6 Å². The molecule has 59 heavy (non-hydrogen) atoms. The topological polar surface area (TPSA) is 199 Å². The molecule has 0 aromatic rings. The van der Waals surface area contributed by atoms with E-state index in [-0.39, 0.29) is 12.8 Å². The fourth-order valence-electron chi connectivity index (χ4n) is 7.39. The minimum atomic E-state index is -5.02. The van der Waals surface area contributed by atoms with E-state index in [1.54, 1.807) is 0 Å². The van der Waals surface area contributed by atoms with Gasteiger partial charge in [-0.1, -0.05) is 194 Å². The number of esters is 2. The third kappa shape index (κ3) is 30.5. The van der Waals surface area contributed by atoms with Crippen molar-refractivity contribution in [3.05, 3.63) is 0 Å². The lowest BCUT2D eigenvalue weighted by atomic mass is 10.00. The average Bonchev–Trinajstić information content (AvgIpc) is 3.21. The van der Waals surface area contributed by atoms with E-state index in [9.17, 15) is 39.5 Å². The lowest BCUT2D eigenvalue weighted by Crippen LogP contribution is -2.58. The number of carbonyl (C=O) groups is 2. The molecule has 0 spiro atoms. The van der Waals surface area contributed by atoms with Crippen molar-refractivity contribution in [3.8, 4) is 0 Å². The number of carbonyl (C=O) groups excluding carboxylic acids is 2. The van der Waals surface area contributed by atoms with Gasteiger partial charge in [0.2, 0.25) is 0 Å². The number of aliphatic hydroxyl groups is 4. The number of ether oxygens (including phenoxy) is 3. The highest BCUT2D eigenvalue weighted by molar-refractivity contribution is 7.47. The van der Waals surface area contributed by atoms with Crippen LogP contribution >= 0.6 is 7.82 Å². The normalized spacial score (nSPS) is 21.0. The van der Waals surface area contributed by atoms with Crippen LogP contribution < -0.4 is 0 Å². The minimum absolute atomic E-state index is 0.125. The summed E-state index contributed by atoms with van der Waals surface area (Å²) in [6.07, 6.45) is 26.4. The third-order valence-electron chi connectivity index (χ3n) is 11.2. The molecule has 1 heterocycles. The molecule has 1 rings (SSSR count). The molecule has 350 valence electrons. The number of hydrogen-bond donors (Lipinski definition) is 5. The standard InChI is InChI=1S/C45H87O13P/c1-3-5-7-9-11-13-15-17-19-21-23-25-27-29-31-33-40(47)54-36-38(37-55-59(52,53)58-45-44(51)43(50)42(49)39(35-46)57-45)56-41(48)34-32-30-28-26-24-22-20-18-16-14-12-10-8-6-4-2/h38-39,42-46,49-51H,3-37H2,1-2H3,(H,52,53)/t38?,39-,42-,43+,44-,45+/m0/s1. The fraction of sp³-hybridized carbons (Fsp3) is 0.956. The van der Waals surface area contributed by atoms with Gasteiger partial charge in [-0.2, -0.15) is 0 Å². The van der Waals surface area contributed by atoms with E-state index in [0.717, 1.165) is 38.5 Å². The lowest BCUT2D eigenvalue weighted by Gasteiger charge is -2.39. The van der Waals surface area contributed by atoms with E-state index in [1.165, 1.54) is 141 Å². The summed E-state index contributed by atoms with van der Waals surface area (Å²) in [6, 6.07) is 0. The number of phosphoric ester groups is 1. The highest BCUT2D eigenvalue weighted by Crippen LogP contribution is 2.46. The molecular weight excluding hydrogens is 779 g/mol. The highest BCUT2D eigenvalue weighted by Gasteiger charge is 2.47. The maximum Gasteiger partial charge on any atom is 0.474 e. The summed E-state index contributed by atoms with van der Waals surface area (Å²) < 4.78 is 38.8. The number of rotatable bonds is 41. The Hall–Kier alpha value is -1.15. The van der Waals surface area contributed by atoms with Gasteiger partial charge in [0.1, 0.15) is 31.0 Å². The van der Waals surface area contributed by atoms with E-state index in [1.807, 2.05) is 0 Å². The summed E-state index contributed by atoms with van der Waals surface area (Å²) in [7, 11) is -5.02. The molecule has 1 saturated heterocycles. The van der Waals surface area contributed by atoms with Gasteiger partial charge in [0, 0.05) is 12.8 Å². The molecule has 1 aliphatic heterocycles. The Balaban J connectivity index is 2.42. The largest absolute Gasteiger partial charge is 0.474 e.